The fraction of sp³-hybridized carbons (Fsp3) is 0.118. The van der Waals surface area contributed by atoms with Gasteiger partial charge in [0, 0.05) is 24.2 Å². The van der Waals surface area contributed by atoms with Gasteiger partial charge in [-0.2, -0.15) is 5.10 Å². The number of benzene rings is 1. The first-order valence-electron chi connectivity index (χ1n) is 7.26. The standard InChI is InChI=1S/C17H15N5O/c1-23-15-4-2-13(3-5-15)11-21-12-14(8-20-21)16-9-19-17-10-18-6-7-22(16)17/h2-10,12H,11H2,1H3. The highest BCUT2D eigenvalue weighted by molar-refractivity contribution is 5.61. The molecule has 0 fully saturated rings. The third kappa shape index (κ3) is 2.55. The second-order valence-corrected chi connectivity index (χ2v) is 5.22. The average molecular weight is 305 g/mol. The van der Waals surface area contributed by atoms with Crippen molar-refractivity contribution >= 4 is 5.65 Å². The van der Waals surface area contributed by atoms with E-state index in [0.717, 1.165) is 22.7 Å². The zero-order valence-electron chi connectivity index (χ0n) is 12.6. The Balaban J connectivity index is 1.61. The van der Waals surface area contributed by atoms with Gasteiger partial charge in [0.25, 0.3) is 0 Å². The molecule has 0 unspecified atom stereocenters. The minimum absolute atomic E-state index is 0.711. The number of nitrogens with zero attached hydrogens (tertiary/aromatic N) is 5. The summed E-state index contributed by atoms with van der Waals surface area (Å²) in [4.78, 5) is 8.44. The van der Waals surface area contributed by atoms with Crippen molar-refractivity contribution in [3.8, 4) is 17.0 Å². The van der Waals surface area contributed by atoms with Gasteiger partial charge < -0.3 is 4.74 Å². The van der Waals surface area contributed by atoms with Gasteiger partial charge >= 0.3 is 0 Å². The molecule has 4 aromatic rings. The molecule has 6 nitrogen and oxygen atoms in total. The number of methoxy groups -OCH3 is 1. The largest absolute Gasteiger partial charge is 0.497 e. The van der Waals surface area contributed by atoms with Crippen molar-refractivity contribution in [3.05, 3.63) is 67.0 Å². The van der Waals surface area contributed by atoms with Gasteiger partial charge in [-0.3, -0.25) is 14.1 Å². The van der Waals surface area contributed by atoms with Gasteiger partial charge in [0.15, 0.2) is 5.65 Å². The molecule has 0 saturated heterocycles. The van der Waals surface area contributed by atoms with Gasteiger partial charge in [-0.15, -0.1) is 0 Å². The summed E-state index contributed by atoms with van der Waals surface area (Å²) in [6.07, 6.45) is 11.1. The normalized spacial score (nSPS) is 11.0. The van der Waals surface area contributed by atoms with E-state index in [0.29, 0.717) is 6.54 Å². The summed E-state index contributed by atoms with van der Waals surface area (Å²) in [5.41, 5.74) is 4.02. The van der Waals surface area contributed by atoms with Gasteiger partial charge in [0.05, 0.1) is 37.9 Å². The summed E-state index contributed by atoms with van der Waals surface area (Å²) in [7, 11) is 1.67. The summed E-state index contributed by atoms with van der Waals surface area (Å²) in [5.74, 6) is 0.856. The third-order valence-electron chi connectivity index (χ3n) is 3.75. The van der Waals surface area contributed by atoms with Crippen LogP contribution in [0.2, 0.25) is 0 Å². The smallest absolute Gasteiger partial charge is 0.155 e. The Kier molecular flexibility index (Phi) is 3.27. The van der Waals surface area contributed by atoms with E-state index in [1.165, 1.54) is 5.56 Å². The number of fused-ring (bicyclic) bond motifs is 1. The SMILES string of the molecule is COc1ccc(Cn2cc(-c3cnc4cnccn34)cn2)cc1. The van der Waals surface area contributed by atoms with Gasteiger partial charge in [-0.25, -0.2) is 4.98 Å². The van der Waals surface area contributed by atoms with E-state index in [9.17, 15) is 0 Å². The molecule has 23 heavy (non-hydrogen) atoms. The number of hydrogen-bond donors (Lipinski definition) is 0. The van der Waals surface area contributed by atoms with E-state index >= 15 is 0 Å². The summed E-state index contributed by atoms with van der Waals surface area (Å²) >= 11 is 0. The van der Waals surface area contributed by atoms with Gasteiger partial charge in [0.2, 0.25) is 0 Å². The van der Waals surface area contributed by atoms with Crippen LogP contribution in [0.4, 0.5) is 0 Å². The predicted molar refractivity (Wildman–Crippen MR) is 86.3 cm³/mol. The van der Waals surface area contributed by atoms with Crippen molar-refractivity contribution in [2.75, 3.05) is 7.11 Å². The third-order valence-corrected chi connectivity index (χ3v) is 3.75. The molecule has 3 aromatic heterocycles. The maximum atomic E-state index is 5.18. The molecule has 0 aliphatic heterocycles. The summed E-state index contributed by atoms with van der Waals surface area (Å²) in [5, 5.41) is 4.45. The lowest BCUT2D eigenvalue weighted by atomic mass is 10.2. The molecular weight excluding hydrogens is 290 g/mol. The lowest BCUT2D eigenvalue weighted by Gasteiger charge is -2.03. The van der Waals surface area contributed by atoms with Crippen LogP contribution in [-0.4, -0.2) is 31.3 Å². The molecule has 0 spiro atoms. The van der Waals surface area contributed by atoms with Crippen LogP contribution in [0.15, 0.2) is 61.4 Å². The number of ether oxygens (including phenoxy) is 1. The minimum atomic E-state index is 0.711. The lowest BCUT2D eigenvalue weighted by Crippen LogP contribution is -1.99. The van der Waals surface area contributed by atoms with E-state index in [1.807, 2.05) is 58.1 Å². The average Bonchev–Trinajstić information content (AvgIpc) is 3.22. The second kappa shape index (κ2) is 5.57. The molecule has 1 aromatic carbocycles. The molecule has 4 rings (SSSR count). The van der Waals surface area contributed by atoms with Crippen molar-refractivity contribution < 1.29 is 4.74 Å². The van der Waals surface area contributed by atoms with E-state index in [-0.39, 0.29) is 0 Å². The monoisotopic (exact) mass is 305 g/mol. The Labute approximate surface area is 133 Å². The molecular formula is C17H15N5O. The first-order chi connectivity index (χ1) is 11.3. The Bertz CT molecular complexity index is 939. The highest BCUT2D eigenvalue weighted by Crippen LogP contribution is 2.20. The Morgan fingerprint density at radius 2 is 1.96 bits per heavy atom. The van der Waals surface area contributed by atoms with Crippen LogP contribution in [0, 0.1) is 0 Å². The van der Waals surface area contributed by atoms with Gasteiger partial charge in [-0.05, 0) is 17.7 Å². The minimum Gasteiger partial charge on any atom is -0.497 e. The highest BCUT2D eigenvalue weighted by Gasteiger charge is 2.08. The van der Waals surface area contributed by atoms with Crippen LogP contribution in [-0.2, 0) is 6.54 Å². The summed E-state index contributed by atoms with van der Waals surface area (Å²) in [6, 6.07) is 7.99. The Morgan fingerprint density at radius 3 is 2.78 bits per heavy atom. The Hall–Kier alpha value is -3.15. The molecule has 0 radical (unpaired) electrons. The van der Waals surface area contributed by atoms with Crippen LogP contribution in [0.5, 0.6) is 5.75 Å². The van der Waals surface area contributed by atoms with Crippen molar-refractivity contribution in [2.45, 2.75) is 6.54 Å². The maximum Gasteiger partial charge on any atom is 0.155 e. The first kappa shape index (κ1) is 13.5. The van der Waals surface area contributed by atoms with E-state index in [1.54, 1.807) is 19.5 Å². The molecule has 0 amide bonds. The topological polar surface area (TPSA) is 57.2 Å². The van der Waals surface area contributed by atoms with Crippen LogP contribution < -0.4 is 4.74 Å². The fourth-order valence-electron chi connectivity index (χ4n) is 2.56. The first-order valence-corrected chi connectivity index (χ1v) is 7.26. The van der Waals surface area contributed by atoms with Crippen LogP contribution in [0.25, 0.3) is 16.9 Å². The summed E-state index contributed by atoms with van der Waals surface area (Å²) < 4.78 is 9.09. The van der Waals surface area contributed by atoms with Crippen molar-refractivity contribution in [1.29, 1.82) is 0 Å². The second-order valence-electron chi connectivity index (χ2n) is 5.22. The molecule has 0 bridgehead atoms. The fourth-order valence-corrected chi connectivity index (χ4v) is 2.56. The number of aromatic nitrogens is 5. The molecule has 0 aliphatic carbocycles. The van der Waals surface area contributed by atoms with Crippen molar-refractivity contribution in [2.24, 2.45) is 0 Å². The number of imidazole rings is 1. The van der Waals surface area contributed by atoms with Crippen molar-refractivity contribution in [1.82, 2.24) is 24.1 Å². The molecule has 0 atom stereocenters. The van der Waals surface area contributed by atoms with Crippen LogP contribution in [0.1, 0.15) is 5.56 Å². The zero-order chi connectivity index (χ0) is 15.6. The molecule has 3 heterocycles. The van der Waals surface area contributed by atoms with Crippen LogP contribution in [0.3, 0.4) is 0 Å². The molecule has 0 saturated carbocycles. The number of rotatable bonds is 4. The summed E-state index contributed by atoms with van der Waals surface area (Å²) in [6.45, 7) is 0.711. The van der Waals surface area contributed by atoms with E-state index in [4.69, 9.17) is 4.74 Å². The Morgan fingerprint density at radius 1 is 1.09 bits per heavy atom. The molecule has 6 heteroatoms. The highest BCUT2D eigenvalue weighted by atomic mass is 16.5. The molecule has 0 N–H and O–H groups in total. The van der Waals surface area contributed by atoms with Crippen molar-refractivity contribution in [3.63, 3.8) is 0 Å². The van der Waals surface area contributed by atoms with E-state index < -0.39 is 0 Å². The zero-order valence-corrected chi connectivity index (χ0v) is 12.6. The maximum absolute atomic E-state index is 5.18. The van der Waals surface area contributed by atoms with Crippen LogP contribution >= 0.6 is 0 Å². The molecule has 0 aliphatic rings. The van der Waals surface area contributed by atoms with Gasteiger partial charge in [-0.1, -0.05) is 12.1 Å². The molecule has 114 valence electrons. The predicted octanol–water partition coefficient (Wildman–Crippen LogP) is 2.65. The van der Waals surface area contributed by atoms with Gasteiger partial charge in [0.1, 0.15) is 5.75 Å². The lowest BCUT2D eigenvalue weighted by molar-refractivity contribution is 0.414. The van der Waals surface area contributed by atoms with E-state index in [2.05, 4.69) is 15.1 Å². The quantitative estimate of drug-likeness (QED) is 0.581. The number of hydrogen-bond acceptors (Lipinski definition) is 4.